The van der Waals surface area contributed by atoms with E-state index in [1.165, 1.54) is 12.1 Å². The van der Waals surface area contributed by atoms with Gasteiger partial charge >= 0.3 is 0 Å². The third-order valence-corrected chi connectivity index (χ3v) is 6.49. The van der Waals surface area contributed by atoms with Gasteiger partial charge in [-0.05, 0) is 48.9 Å². The number of piperazine rings is 1. The van der Waals surface area contributed by atoms with Crippen LogP contribution in [0.1, 0.15) is 17.2 Å². The van der Waals surface area contributed by atoms with E-state index in [-0.39, 0.29) is 24.2 Å². The lowest BCUT2D eigenvalue weighted by Crippen LogP contribution is -2.48. The Hall–Kier alpha value is -1.87. The number of aryl methyl sites for hydroxylation is 1. The lowest BCUT2D eigenvalue weighted by atomic mass is 10.0. The maximum atomic E-state index is 13.3. The van der Waals surface area contributed by atoms with Crippen molar-refractivity contribution in [3.05, 3.63) is 65.7 Å². The van der Waals surface area contributed by atoms with Crippen LogP contribution < -0.4 is 4.72 Å². The SMILES string of the molecule is CN1CCN(C(CNS(=O)(=O)CCc2ccncc2)c2ccc(F)cc2)CC1. The summed E-state index contributed by atoms with van der Waals surface area (Å²) in [6.45, 7) is 3.81. The molecule has 8 heteroatoms. The second-order valence-electron chi connectivity index (χ2n) is 7.18. The molecule has 1 fully saturated rings. The molecule has 6 nitrogen and oxygen atoms in total. The predicted molar refractivity (Wildman–Crippen MR) is 108 cm³/mol. The highest BCUT2D eigenvalue weighted by Crippen LogP contribution is 2.22. The summed E-state index contributed by atoms with van der Waals surface area (Å²) in [7, 11) is -1.35. The van der Waals surface area contributed by atoms with Crippen LogP contribution in [-0.4, -0.2) is 68.7 Å². The van der Waals surface area contributed by atoms with Gasteiger partial charge in [-0.3, -0.25) is 9.88 Å². The Balaban J connectivity index is 1.65. The number of aromatic nitrogens is 1. The van der Waals surface area contributed by atoms with Gasteiger partial charge in [0, 0.05) is 51.2 Å². The number of sulfonamides is 1. The minimum atomic E-state index is -3.42. The largest absolute Gasteiger partial charge is 0.304 e. The monoisotopic (exact) mass is 406 g/mol. The summed E-state index contributed by atoms with van der Waals surface area (Å²) in [5.74, 6) is -0.269. The van der Waals surface area contributed by atoms with Gasteiger partial charge in [0.2, 0.25) is 10.0 Å². The molecular weight excluding hydrogens is 379 g/mol. The van der Waals surface area contributed by atoms with Crippen molar-refractivity contribution in [2.45, 2.75) is 12.5 Å². The Morgan fingerprint density at radius 3 is 2.36 bits per heavy atom. The van der Waals surface area contributed by atoms with Crippen molar-refractivity contribution in [2.24, 2.45) is 0 Å². The molecule has 1 aromatic carbocycles. The van der Waals surface area contributed by atoms with E-state index in [9.17, 15) is 12.8 Å². The fourth-order valence-corrected chi connectivity index (χ4v) is 4.42. The fraction of sp³-hybridized carbons (Fsp3) is 0.450. The Morgan fingerprint density at radius 2 is 1.71 bits per heavy atom. The molecule has 1 aliphatic heterocycles. The molecule has 2 heterocycles. The molecule has 2 aromatic rings. The van der Waals surface area contributed by atoms with Gasteiger partial charge in [0.15, 0.2) is 0 Å². The van der Waals surface area contributed by atoms with Gasteiger partial charge in [0.1, 0.15) is 5.82 Å². The van der Waals surface area contributed by atoms with Crippen LogP contribution in [0.25, 0.3) is 0 Å². The standard InChI is InChI=1S/C20H27FN4O2S/c1-24-11-13-25(14-12-24)20(18-2-4-19(21)5-3-18)16-23-28(26,27)15-8-17-6-9-22-10-7-17/h2-7,9-10,20,23H,8,11-16H2,1H3. The van der Waals surface area contributed by atoms with E-state index in [0.717, 1.165) is 37.3 Å². The first-order valence-electron chi connectivity index (χ1n) is 9.47. The maximum absolute atomic E-state index is 13.3. The molecule has 28 heavy (non-hydrogen) atoms. The molecule has 0 saturated carbocycles. The van der Waals surface area contributed by atoms with E-state index in [2.05, 4.69) is 26.6 Å². The Kier molecular flexibility index (Phi) is 7.12. The highest BCUT2D eigenvalue weighted by atomic mass is 32.2. The van der Waals surface area contributed by atoms with E-state index in [4.69, 9.17) is 0 Å². The van der Waals surface area contributed by atoms with Gasteiger partial charge in [0.25, 0.3) is 0 Å². The number of halogens is 1. The van der Waals surface area contributed by atoms with E-state index < -0.39 is 10.0 Å². The molecule has 0 bridgehead atoms. The highest BCUT2D eigenvalue weighted by molar-refractivity contribution is 7.89. The average Bonchev–Trinajstić information content (AvgIpc) is 2.70. The summed E-state index contributed by atoms with van der Waals surface area (Å²) >= 11 is 0. The number of likely N-dealkylation sites (N-methyl/N-ethyl adjacent to an activating group) is 1. The van der Waals surface area contributed by atoms with Crippen molar-refractivity contribution in [3.63, 3.8) is 0 Å². The summed E-state index contributed by atoms with van der Waals surface area (Å²) in [6.07, 6.45) is 3.76. The second kappa shape index (κ2) is 9.56. The lowest BCUT2D eigenvalue weighted by molar-refractivity contribution is 0.113. The van der Waals surface area contributed by atoms with E-state index >= 15 is 0 Å². The van der Waals surface area contributed by atoms with Crippen molar-refractivity contribution in [1.82, 2.24) is 19.5 Å². The minimum absolute atomic E-state index is 0.0237. The molecule has 0 radical (unpaired) electrons. The van der Waals surface area contributed by atoms with Crippen LogP contribution in [0.15, 0.2) is 48.8 Å². The Labute approximate surface area is 166 Å². The molecule has 1 aliphatic rings. The first-order valence-corrected chi connectivity index (χ1v) is 11.1. The van der Waals surface area contributed by atoms with Gasteiger partial charge in [-0.15, -0.1) is 0 Å². The zero-order valence-electron chi connectivity index (χ0n) is 16.1. The topological polar surface area (TPSA) is 65.5 Å². The van der Waals surface area contributed by atoms with Crippen molar-refractivity contribution in [1.29, 1.82) is 0 Å². The first kappa shape index (κ1) is 20.9. The highest BCUT2D eigenvalue weighted by Gasteiger charge is 2.25. The summed E-state index contributed by atoms with van der Waals surface area (Å²) in [5, 5.41) is 0. The van der Waals surface area contributed by atoms with Crippen LogP contribution in [0.3, 0.4) is 0 Å². The molecular formula is C20H27FN4O2S. The van der Waals surface area contributed by atoms with Crippen molar-refractivity contribution < 1.29 is 12.8 Å². The number of pyridine rings is 1. The number of hydrogen-bond donors (Lipinski definition) is 1. The van der Waals surface area contributed by atoms with Crippen LogP contribution in [0.2, 0.25) is 0 Å². The summed E-state index contributed by atoms with van der Waals surface area (Å²) in [6, 6.07) is 9.85. The van der Waals surface area contributed by atoms with Gasteiger partial charge in [-0.1, -0.05) is 12.1 Å². The van der Waals surface area contributed by atoms with Gasteiger partial charge in [-0.25, -0.2) is 17.5 Å². The molecule has 1 unspecified atom stereocenters. The number of rotatable bonds is 8. The van der Waals surface area contributed by atoms with Crippen LogP contribution in [0.4, 0.5) is 4.39 Å². The van der Waals surface area contributed by atoms with Gasteiger partial charge < -0.3 is 4.90 Å². The van der Waals surface area contributed by atoms with Crippen LogP contribution >= 0.6 is 0 Å². The number of nitrogens with one attached hydrogen (secondary N) is 1. The molecule has 3 rings (SSSR count). The third kappa shape index (κ3) is 6.07. The Bertz CT molecular complexity index is 838. The van der Waals surface area contributed by atoms with Crippen LogP contribution in [0, 0.1) is 5.82 Å². The molecule has 0 aliphatic carbocycles. The summed E-state index contributed by atoms with van der Waals surface area (Å²) in [4.78, 5) is 8.46. The number of nitrogens with zero attached hydrogens (tertiary/aromatic N) is 3. The average molecular weight is 407 g/mol. The first-order chi connectivity index (χ1) is 13.4. The number of benzene rings is 1. The minimum Gasteiger partial charge on any atom is -0.304 e. The normalized spacial score (nSPS) is 17.5. The van der Waals surface area contributed by atoms with Crippen molar-refractivity contribution >= 4 is 10.0 Å². The fourth-order valence-electron chi connectivity index (χ4n) is 3.36. The summed E-state index contributed by atoms with van der Waals surface area (Å²) in [5.41, 5.74) is 1.86. The molecule has 1 aromatic heterocycles. The molecule has 1 N–H and O–H groups in total. The zero-order chi connectivity index (χ0) is 20.0. The number of hydrogen-bond acceptors (Lipinski definition) is 5. The smallest absolute Gasteiger partial charge is 0.211 e. The third-order valence-electron chi connectivity index (χ3n) is 5.14. The van der Waals surface area contributed by atoms with Gasteiger partial charge in [-0.2, -0.15) is 0 Å². The van der Waals surface area contributed by atoms with Crippen LogP contribution in [-0.2, 0) is 16.4 Å². The molecule has 0 amide bonds. The van der Waals surface area contributed by atoms with Crippen molar-refractivity contribution in [3.8, 4) is 0 Å². The van der Waals surface area contributed by atoms with Gasteiger partial charge in [0.05, 0.1) is 5.75 Å². The molecule has 1 saturated heterocycles. The molecule has 0 spiro atoms. The van der Waals surface area contributed by atoms with E-state index in [1.807, 2.05) is 12.1 Å². The zero-order valence-corrected chi connectivity index (χ0v) is 16.9. The van der Waals surface area contributed by atoms with Crippen LogP contribution in [0.5, 0.6) is 0 Å². The predicted octanol–water partition coefficient (Wildman–Crippen LogP) is 1.67. The lowest BCUT2D eigenvalue weighted by Gasteiger charge is -2.38. The Morgan fingerprint density at radius 1 is 1.07 bits per heavy atom. The molecule has 1 atom stereocenters. The summed E-state index contributed by atoms with van der Waals surface area (Å²) < 4.78 is 41.1. The molecule has 152 valence electrons. The van der Waals surface area contributed by atoms with Crippen molar-refractivity contribution in [2.75, 3.05) is 45.5 Å². The van der Waals surface area contributed by atoms with E-state index in [0.29, 0.717) is 6.42 Å². The quantitative estimate of drug-likeness (QED) is 0.723. The second-order valence-corrected chi connectivity index (χ2v) is 9.11. The van der Waals surface area contributed by atoms with E-state index in [1.54, 1.807) is 24.5 Å². The maximum Gasteiger partial charge on any atom is 0.211 e.